The number of aromatic nitrogens is 2. The molecule has 1 aliphatic rings. The summed E-state index contributed by atoms with van der Waals surface area (Å²) in [5, 5.41) is 6.47. The van der Waals surface area contributed by atoms with Gasteiger partial charge >= 0.3 is 0 Å². The molecule has 2 rings (SSSR count). The van der Waals surface area contributed by atoms with Crippen LogP contribution in [0.25, 0.3) is 0 Å². The van der Waals surface area contributed by atoms with Crippen molar-refractivity contribution in [2.24, 2.45) is 0 Å². The van der Waals surface area contributed by atoms with E-state index in [2.05, 4.69) is 23.6 Å². The normalized spacial score (nSPS) is 17.9. The van der Waals surface area contributed by atoms with Crippen LogP contribution < -0.4 is 5.73 Å². The summed E-state index contributed by atoms with van der Waals surface area (Å²) in [6, 6.07) is 0.386. The highest BCUT2D eigenvalue weighted by Crippen LogP contribution is 2.38. The summed E-state index contributed by atoms with van der Waals surface area (Å²) >= 11 is 1.94. The molecule has 0 spiro atoms. The maximum atomic E-state index is 6.15. The molecule has 0 radical (unpaired) electrons. The average Bonchev–Trinajstić information content (AvgIpc) is 2.59. The monoisotopic (exact) mass is 253 g/mol. The van der Waals surface area contributed by atoms with Gasteiger partial charge in [-0.3, -0.25) is 4.68 Å². The molecule has 3 nitrogen and oxygen atoms in total. The number of nitrogens with two attached hydrogens (primary N) is 1. The van der Waals surface area contributed by atoms with Gasteiger partial charge in [-0.1, -0.05) is 19.3 Å². The van der Waals surface area contributed by atoms with Crippen molar-refractivity contribution in [3.8, 4) is 0 Å². The van der Waals surface area contributed by atoms with Gasteiger partial charge in [0.05, 0.1) is 11.4 Å². The van der Waals surface area contributed by atoms with Crippen molar-refractivity contribution in [1.29, 1.82) is 0 Å². The Balaban J connectivity index is 2.18. The Labute approximate surface area is 108 Å². The Morgan fingerprint density at radius 3 is 2.53 bits per heavy atom. The van der Waals surface area contributed by atoms with Gasteiger partial charge in [0.25, 0.3) is 0 Å². The molecule has 0 bridgehead atoms. The van der Waals surface area contributed by atoms with Crippen LogP contribution in [-0.4, -0.2) is 15.0 Å². The highest BCUT2D eigenvalue weighted by atomic mass is 32.2. The molecule has 0 amide bonds. The first-order valence-corrected chi connectivity index (χ1v) is 7.48. The highest BCUT2D eigenvalue weighted by molar-refractivity contribution is 8.00. The van der Waals surface area contributed by atoms with Crippen molar-refractivity contribution in [2.45, 2.75) is 69.2 Å². The molecule has 1 aromatic heterocycles. The third kappa shape index (κ3) is 2.79. The lowest BCUT2D eigenvalue weighted by Crippen LogP contribution is -2.11. The summed E-state index contributed by atoms with van der Waals surface area (Å²) in [5.74, 6) is 0. The van der Waals surface area contributed by atoms with Crippen LogP contribution in [0.1, 0.15) is 57.7 Å². The minimum absolute atomic E-state index is 0.386. The van der Waals surface area contributed by atoms with Gasteiger partial charge in [0.15, 0.2) is 0 Å². The third-order valence-corrected chi connectivity index (χ3v) is 4.84. The molecule has 1 aromatic rings. The lowest BCUT2D eigenvalue weighted by atomic mass is 10.0. The van der Waals surface area contributed by atoms with Gasteiger partial charge in [-0.15, -0.1) is 11.8 Å². The van der Waals surface area contributed by atoms with Gasteiger partial charge in [0.1, 0.15) is 5.03 Å². The van der Waals surface area contributed by atoms with E-state index in [0.717, 1.165) is 16.6 Å². The molecule has 1 aliphatic carbocycles. The molecule has 1 fully saturated rings. The zero-order valence-corrected chi connectivity index (χ0v) is 11.9. The zero-order chi connectivity index (χ0) is 12.4. The van der Waals surface area contributed by atoms with Crippen molar-refractivity contribution in [3.05, 3.63) is 5.69 Å². The largest absolute Gasteiger partial charge is 0.395 e. The van der Waals surface area contributed by atoms with E-state index < -0.39 is 0 Å². The first-order valence-electron chi connectivity index (χ1n) is 6.61. The number of nitrogens with zero attached hydrogens (tertiary/aromatic N) is 2. The second-order valence-electron chi connectivity index (χ2n) is 5.22. The van der Waals surface area contributed by atoms with Gasteiger partial charge in [-0.25, -0.2) is 0 Å². The van der Waals surface area contributed by atoms with E-state index >= 15 is 0 Å². The maximum absolute atomic E-state index is 6.15. The van der Waals surface area contributed by atoms with Crippen LogP contribution in [0.15, 0.2) is 5.03 Å². The van der Waals surface area contributed by atoms with Gasteiger partial charge in [-0.05, 0) is 33.6 Å². The molecule has 2 N–H and O–H groups in total. The van der Waals surface area contributed by atoms with Crippen molar-refractivity contribution < 1.29 is 0 Å². The van der Waals surface area contributed by atoms with Gasteiger partial charge in [-0.2, -0.15) is 5.10 Å². The second kappa shape index (κ2) is 5.34. The van der Waals surface area contributed by atoms with Crippen molar-refractivity contribution in [2.75, 3.05) is 5.73 Å². The van der Waals surface area contributed by atoms with Gasteiger partial charge < -0.3 is 5.73 Å². The number of rotatable bonds is 3. The first kappa shape index (κ1) is 12.8. The minimum atomic E-state index is 0.386. The van der Waals surface area contributed by atoms with E-state index in [1.807, 2.05) is 18.7 Å². The summed E-state index contributed by atoms with van der Waals surface area (Å²) in [6.45, 7) is 6.33. The lowest BCUT2D eigenvalue weighted by Gasteiger charge is -2.22. The summed E-state index contributed by atoms with van der Waals surface area (Å²) in [5.41, 5.74) is 8.01. The third-order valence-electron chi connectivity index (χ3n) is 3.41. The van der Waals surface area contributed by atoms with E-state index in [-0.39, 0.29) is 0 Å². The predicted octanol–water partition coefficient (Wildman–Crippen LogP) is 3.78. The highest BCUT2D eigenvalue weighted by Gasteiger charge is 2.21. The molecule has 4 heteroatoms. The molecule has 0 atom stereocenters. The maximum Gasteiger partial charge on any atom is 0.118 e. The predicted molar refractivity (Wildman–Crippen MR) is 74.5 cm³/mol. The number of nitrogen functional groups attached to an aromatic ring is 1. The second-order valence-corrected chi connectivity index (χ2v) is 6.51. The summed E-state index contributed by atoms with van der Waals surface area (Å²) in [6.07, 6.45) is 6.78. The molecule has 17 heavy (non-hydrogen) atoms. The lowest BCUT2D eigenvalue weighted by molar-refractivity contribution is 0.485. The zero-order valence-electron chi connectivity index (χ0n) is 11.1. The molecule has 0 aliphatic heterocycles. The number of anilines is 1. The van der Waals surface area contributed by atoms with E-state index in [1.54, 1.807) is 0 Å². The molecule has 0 unspecified atom stereocenters. The first-order chi connectivity index (χ1) is 8.09. The summed E-state index contributed by atoms with van der Waals surface area (Å²) < 4.78 is 2.09. The Morgan fingerprint density at radius 1 is 1.29 bits per heavy atom. The molecule has 1 heterocycles. The van der Waals surface area contributed by atoms with E-state index in [0.29, 0.717) is 6.04 Å². The minimum Gasteiger partial charge on any atom is -0.395 e. The van der Waals surface area contributed by atoms with Crippen LogP contribution in [0, 0.1) is 6.92 Å². The Hall–Kier alpha value is -0.640. The van der Waals surface area contributed by atoms with Crippen molar-refractivity contribution in [1.82, 2.24) is 9.78 Å². The van der Waals surface area contributed by atoms with E-state index in [1.165, 1.54) is 37.1 Å². The molecule has 0 saturated heterocycles. The van der Waals surface area contributed by atoms with Crippen LogP contribution >= 0.6 is 11.8 Å². The van der Waals surface area contributed by atoms with Crippen molar-refractivity contribution in [3.63, 3.8) is 0 Å². The molecule has 1 saturated carbocycles. The quantitative estimate of drug-likeness (QED) is 0.891. The Morgan fingerprint density at radius 2 is 1.94 bits per heavy atom. The van der Waals surface area contributed by atoms with E-state index in [9.17, 15) is 0 Å². The smallest absolute Gasteiger partial charge is 0.118 e. The fourth-order valence-corrected chi connectivity index (χ4v) is 3.87. The fraction of sp³-hybridized carbons (Fsp3) is 0.769. The van der Waals surface area contributed by atoms with E-state index in [4.69, 9.17) is 5.73 Å². The summed E-state index contributed by atoms with van der Waals surface area (Å²) in [4.78, 5) is 0. The number of aryl methyl sites for hydroxylation is 1. The molecular weight excluding hydrogens is 230 g/mol. The molecule has 96 valence electrons. The van der Waals surface area contributed by atoms with Crippen LogP contribution in [-0.2, 0) is 0 Å². The molecule has 0 aromatic carbocycles. The topological polar surface area (TPSA) is 43.8 Å². The SMILES string of the molecule is Cc1nn(C(C)C)c(SC2CCCCC2)c1N. The number of hydrogen-bond acceptors (Lipinski definition) is 3. The standard InChI is InChI=1S/C13H23N3S/c1-9(2)16-13(12(14)10(3)15-16)17-11-7-5-4-6-8-11/h9,11H,4-8,14H2,1-3H3. The Bertz CT molecular complexity index is 378. The van der Waals surface area contributed by atoms with Crippen LogP contribution in [0.2, 0.25) is 0 Å². The summed E-state index contributed by atoms with van der Waals surface area (Å²) in [7, 11) is 0. The van der Waals surface area contributed by atoms with Crippen LogP contribution in [0.5, 0.6) is 0 Å². The van der Waals surface area contributed by atoms with Gasteiger partial charge in [0, 0.05) is 11.3 Å². The molecular formula is C13H23N3S. The van der Waals surface area contributed by atoms with Crippen LogP contribution in [0.4, 0.5) is 5.69 Å². The van der Waals surface area contributed by atoms with Crippen LogP contribution in [0.3, 0.4) is 0 Å². The average molecular weight is 253 g/mol. The van der Waals surface area contributed by atoms with Crippen molar-refractivity contribution >= 4 is 17.4 Å². The Kier molecular flexibility index (Phi) is 4.02. The number of thioether (sulfide) groups is 1. The van der Waals surface area contributed by atoms with Gasteiger partial charge in [0.2, 0.25) is 0 Å². The fourth-order valence-electron chi connectivity index (χ4n) is 2.35. The number of hydrogen-bond donors (Lipinski definition) is 1.